The Bertz CT molecular complexity index is 433. The van der Waals surface area contributed by atoms with Crippen LogP contribution in [0, 0.1) is 5.41 Å². The number of rotatable bonds is 2. The van der Waals surface area contributed by atoms with Crippen molar-refractivity contribution in [2.45, 2.75) is 70.8 Å². The fraction of sp³-hybridized carbons (Fsp3) is 0.938. The van der Waals surface area contributed by atoms with Gasteiger partial charge in [-0.15, -0.1) is 0 Å². The second-order valence-corrected chi connectivity index (χ2v) is 8.09. The number of alkyl halides is 3. The number of hydrogen-bond donors (Lipinski definition) is 1. The van der Waals surface area contributed by atoms with Crippen LogP contribution in [-0.4, -0.2) is 60.3 Å². The molecule has 134 valence electrons. The van der Waals surface area contributed by atoms with Crippen LogP contribution in [0.5, 0.6) is 0 Å². The van der Waals surface area contributed by atoms with Gasteiger partial charge < -0.3 is 10.2 Å². The van der Waals surface area contributed by atoms with Gasteiger partial charge in [0, 0.05) is 25.2 Å². The largest absolute Gasteiger partial charge is 0.408 e. The van der Waals surface area contributed by atoms with Crippen LogP contribution in [0.2, 0.25) is 0 Å². The van der Waals surface area contributed by atoms with Crippen molar-refractivity contribution in [1.82, 2.24) is 15.1 Å². The third-order valence-corrected chi connectivity index (χ3v) is 4.94. The molecule has 4 nitrogen and oxygen atoms in total. The van der Waals surface area contributed by atoms with Crippen LogP contribution in [-0.2, 0) is 0 Å². The standard InChI is InChI=1S/C16H28F3N3O/c1-15(2,3)9-13(16(17,18)19)20-14(23)22-8-7-11-5-6-12(10-22)21(11)4/h11-13H,5-10H2,1-4H3,(H,20,23). The first-order valence-electron chi connectivity index (χ1n) is 8.31. The van der Waals surface area contributed by atoms with E-state index in [0.29, 0.717) is 19.1 Å². The topological polar surface area (TPSA) is 35.6 Å². The van der Waals surface area contributed by atoms with Crippen LogP contribution in [0.1, 0.15) is 46.5 Å². The molecule has 2 bridgehead atoms. The lowest BCUT2D eigenvalue weighted by Gasteiger charge is -2.32. The molecule has 2 aliphatic heterocycles. The van der Waals surface area contributed by atoms with Gasteiger partial charge in [0.05, 0.1) is 0 Å². The Labute approximate surface area is 136 Å². The van der Waals surface area contributed by atoms with Gasteiger partial charge in [-0.1, -0.05) is 20.8 Å². The van der Waals surface area contributed by atoms with E-state index in [1.807, 2.05) is 7.05 Å². The van der Waals surface area contributed by atoms with Crippen molar-refractivity contribution in [3.8, 4) is 0 Å². The number of fused-ring (bicyclic) bond motifs is 2. The van der Waals surface area contributed by atoms with Crippen LogP contribution in [0.4, 0.5) is 18.0 Å². The summed E-state index contributed by atoms with van der Waals surface area (Å²) in [6, 6.07) is -1.67. The molecule has 2 fully saturated rings. The quantitative estimate of drug-likeness (QED) is 0.841. The van der Waals surface area contributed by atoms with Gasteiger partial charge in [-0.3, -0.25) is 4.90 Å². The van der Waals surface area contributed by atoms with Gasteiger partial charge >= 0.3 is 12.2 Å². The highest BCUT2D eigenvalue weighted by Gasteiger charge is 2.44. The van der Waals surface area contributed by atoms with E-state index in [1.54, 1.807) is 25.7 Å². The number of carbonyl (C=O) groups excluding carboxylic acids is 1. The van der Waals surface area contributed by atoms with E-state index in [1.165, 1.54) is 0 Å². The molecule has 0 saturated carbocycles. The maximum atomic E-state index is 13.2. The van der Waals surface area contributed by atoms with Crippen LogP contribution in [0.3, 0.4) is 0 Å². The molecule has 2 saturated heterocycles. The predicted octanol–water partition coefficient (Wildman–Crippen LogP) is 3.23. The van der Waals surface area contributed by atoms with Crippen molar-refractivity contribution >= 4 is 6.03 Å². The lowest BCUT2D eigenvalue weighted by Crippen LogP contribution is -2.53. The summed E-state index contributed by atoms with van der Waals surface area (Å²) < 4.78 is 39.7. The normalized spacial score (nSPS) is 27.7. The molecule has 2 heterocycles. The number of amides is 2. The summed E-state index contributed by atoms with van der Waals surface area (Å²) >= 11 is 0. The van der Waals surface area contributed by atoms with E-state index < -0.39 is 23.7 Å². The molecule has 23 heavy (non-hydrogen) atoms. The zero-order valence-corrected chi connectivity index (χ0v) is 14.4. The highest BCUT2D eigenvalue weighted by molar-refractivity contribution is 5.74. The highest BCUT2D eigenvalue weighted by Crippen LogP contribution is 2.32. The summed E-state index contributed by atoms with van der Waals surface area (Å²) in [5.74, 6) is 0. The molecule has 3 unspecified atom stereocenters. The van der Waals surface area contributed by atoms with Gasteiger partial charge in [-0.05, 0) is 38.1 Å². The molecular formula is C16H28F3N3O. The van der Waals surface area contributed by atoms with Gasteiger partial charge in [0.25, 0.3) is 0 Å². The molecule has 1 N–H and O–H groups in total. The maximum Gasteiger partial charge on any atom is 0.408 e. The Balaban J connectivity index is 2.01. The minimum absolute atomic E-state index is 0.123. The molecule has 7 heteroatoms. The van der Waals surface area contributed by atoms with E-state index in [-0.39, 0.29) is 12.5 Å². The minimum atomic E-state index is -4.43. The van der Waals surface area contributed by atoms with Gasteiger partial charge in [-0.25, -0.2) is 4.79 Å². The number of likely N-dealkylation sites (N-methyl/N-ethyl adjacent to an activating group) is 1. The van der Waals surface area contributed by atoms with Gasteiger partial charge in [0.15, 0.2) is 0 Å². The van der Waals surface area contributed by atoms with E-state index in [2.05, 4.69) is 10.2 Å². The lowest BCUT2D eigenvalue weighted by atomic mass is 9.88. The molecule has 0 radical (unpaired) electrons. The number of urea groups is 1. The van der Waals surface area contributed by atoms with E-state index in [9.17, 15) is 18.0 Å². The second kappa shape index (κ2) is 6.49. The minimum Gasteiger partial charge on any atom is -0.326 e. The van der Waals surface area contributed by atoms with Crippen LogP contribution < -0.4 is 5.32 Å². The average Bonchev–Trinajstić information content (AvgIpc) is 2.59. The zero-order valence-electron chi connectivity index (χ0n) is 14.4. The number of nitrogens with one attached hydrogen (secondary N) is 1. The zero-order chi connectivity index (χ0) is 17.4. The molecule has 2 rings (SSSR count). The summed E-state index contributed by atoms with van der Waals surface area (Å²) in [6.45, 7) is 6.28. The molecular weight excluding hydrogens is 307 g/mol. The molecule has 0 aliphatic carbocycles. The van der Waals surface area contributed by atoms with Crippen molar-refractivity contribution in [2.24, 2.45) is 5.41 Å². The highest BCUT2D eigenvalue weighted by atomic mass is 19.4. The summed E-state index contributed by atoms with van der Waals surface area (Å²) in [6.07, 6.45) is -1.59. The number of carbonyl (C=O) groups is 1. The Morgan fingerprint density at radius 2 is 1.78 bits per heavy atom. The summed E-state index contributed by atoms with van der Waals surface area (Å²) in [5, 5.41) is 2.23. The first kappa shape index (κ1) is 18.4. The number of halogens is 3. The van der Waals surface area contributed by atoms with Crippen LogP contribution >= 0.6 is 0 Å². The summed E-state index contributed by atoms with van der Waals surface area (Å²) in [4.78, 5) is 16.2. The van der Waals surface area contributed by atoms with E-state index >= 15 is 0 Å². The number of nitrogens with zero attached hydrogens (tertiary/aromatic N) is 2. The Morgan fingerprint density at radius 3 is 2.35 bits per heavy atom. The molecule has 3 atom stereocenters. The van der Waals surface area contributed by atoms with Crippen molar-refractivity contribution in [3.63, 3.8) is 0 Å². The first-order valence-corrected chi connectivity index (χ1v) is 8.31. The third-order valence-electron chi connectivity index (χ3n) is 4.94. The van der Waals surface area contributed by atoms with E-state index in [0.717, 1.165) is 19.3 Å². The molecule has 2 amide bonds. The second-order valence-electron chi connectivity index (χ2n) is 8.09. The SMILES string of the molecule is CN1C2CCC1CN(C(=O)NC(CC(C)(C)C)C(F)(F)F)CC2. The molecule has 0 spiro atoms. The van der Waals surface area contributed by atoms with Crippen LogP contribution in [0.15, 0.2) is 0 Å². The summed E-state index contributed by atoms with van der Waals surface area (Å²) in [7, 11) is 2.04. The number of likely N-dealkylation sites (tertiary alicyclic amines) is 1. The Kier molecular flexibility index (Phi) is 5.18. The third kappa shape index (κ3) is 4.75. The van der Waals surface area contributed by atoms with Gasteiger partial charge in [0.1, 0.15) is 6.04 Å². The van der Waals surface area contributed by atoms with Crippen LogP contribution in [0.25, 0.3) is 0 Å². The van der Waals surface area contributed by atoms with Crippen molar-refractivity contribution < 1.29 is 18.0 Å². The fourth-order valence-corrected chi connectivity index (χ4v) is 3.59. The van der Waals surface area contributed by atoms with Crippen molar-refractivity contribution in [3.05, 3.63) is 0 Å². The smallest absolute Gasteiger partial charge is 0.326 e. The molecule has 2 aliphatic rings. The van der Waals surface area contributed by atoms with Gasteiger partial charge in [-0.2, -0.15) is 13.2 Å². The Morgan fingerprint density at radius 1 is 1.17 bits per heavy atom. The average molecular weight is 335 g/mol. The van der Waals surface area contributed by atoms with Crippen molar-refractivity contribution in [2.75, 3.05) is 20.1 Å². The maximum absolute atomic E-state index is 13.2. The molecule has 0 aromatic heterocycles. The fourth-order valence-electron chi connectivity index (χ4n) is 3.59. The number of hydrogen-bond acceptors (Lipinski definition) is 2. The summed E-state index contributed by atoms with van der Waals surface area (Å²) in [5.41, 5.74) is -0.508. The monoisotopic (exact) mass is 335 g/mol. The van der Waals surface area contributed by atoms with E-state index in [4.69, 9.17) is 0 Å². The lowest BCUT2D eigenvalue weighted by molar-refractivity contribution is -0.159. The molecule has 0 aromatic carbocycles. The predicted molar refractivity (Wildman–Crippen MR) is 83.2 cm³/mol. The Hall–Kier alpha value is -0.980. The first-order chi connectivity index (χ1) is 10.5. The van der Waals surface area contributed by atoms with Gasteiger partial charge in [0.2, 0.25) is 0 Å². The molecule has 0 aromatic rings. The van der Waals surface area contributed by atoms with Crippen molar-refractivity contribution in [1.29, 1.82) is 0 Å².